The second-order valence-corrected chi connectivity index (χ2v) is 8.56. The number of rotatable bonds is 4. The number of fused-ring (bicyclic) bond motifs is 1. The highest BCUT2D eigenvalue weighted by molar-refractivity contribution is 5.93. The first-order chi connectivity index (χ1) is 14.0. The van der Waals surface area contributed by atoms with Gasteiger partial charge in [0.1, 0.15) is 5.82 Å². The fourth-order valence-electron chi connectivity index (χ4n) is 5.13. The molecule has 2 aliphatic rings. The Balaban J connectivity index is 1.85. The fourth-order valence-corrected chi connectivity index (χ4v) is 5.13. The molecule has 1 aliphatic heterocycles. The third-order valence-corrected chi connectivity index (χ3v) is 6.80. The predicted molar refractivity (Wildman–Crippen MR) is 112 cm³/mol. The van der Waals surface area contributed by atoms with Gasteiger partial charge in [0.2, 0.25) is 5.91 Å². The largest absolute Gasteiger partial charge is 0.364 e. The Hall–Kier alpha value is -2.63. The molecule has 0 spiro atoms. The van der Waals surface area contributed by atoms with E-state index in [-0.39, 0.29) is 17.6 Å². The summed E-state index contributed by atoms with van der Waals surface area (Å²) in [4.78, 5) is 31.0. The van der Waals surface area contributed by atoms with Crippen LogP contribution in [0.2, 0.25) is 0 Å². The highest BCUT2D eigenvalue weighted by Gasteiger charge is 2.38. The Labute approximate surface area is 172 Å². The van der Waals surface area contributed by atoms with Gasteiger partial charge in [-0.05, 0) is 11.8 Å². The van der Waals surface area contributed by atoms with Crippen molar-refractivity contribution in [2.24, 2.45) is 17.6 Å². The Bertz CT molecular complexity index is 899. The zero-order valence-corrected chi connectivity index (χ0v) is 17.3. The van der Waals surface area contributed by atoms with Crippen molar-refractivity contribution in [3.05, 3.63) is 41.7 Å². The highest BCUT2D eigenvalue weighted by atomic mass is 16.2. The van der Waals surface area contributed by atoms with Gasteiger partial charge in [0.15, 0.2) is 5.69 Å². The van der Waals surface area contributed by atoms with Crippen molar-refractivity contribution in [1.82, 2.24) is 14.5 Å². The number of hydrogen-bond donors (Lipinski definition) is 1. The summed E-state index contributed by atoms with van der Waals surface area (Å²) >= 11 is 0. The second-order valence-electron chi connectivity index (χ2n) is 8.56. The van der Waals surface area contributed by atoms with Crippen molar-refractivity contribution in [3.63, 3.8) is 0 Å². The summed E-state index contributed by atoms with van der Waals surface area (Å²) < 4.78 is 2.22. The first-order valence-corrected chi connectivity index (χ1v) is 10.7. The molecule has 4 rings (SSSR count). The fraction of sp³-hybridized carbons (Fsp3) is 0.522. The van der Waals surface area contributed by atoms with Crippen LogP contribution in [0.4, 0.5) is 0 Å². The quantitative estimate of drug-likeness (QED) is 0.857. The lowest BCUT2D eigenvalue weighted by atomic mass is 9.77. The third-order valence-electron chi connectivity index (χ3n) is 6.80. The molecule has 1 fully saturated rings. The minimum Gasteiger partial charge on any atom is -0.364 e. The maximum Gasteiger partial charge on any atom is 0.269 e. The third kappa shape index (κ3) is 3.68. The molecule has 29 heavy (non-hydrogen) atoms. The van der Waals surface area contributed by atoms with E-state index in [4.69, 9.17) is 5.73 Å². The molecule has 2 atom stereocenters. The lowest BCUT2D eigenvalue weighted by Crippen LogP contribution is -2.44. The number of benzene rings is 1. The number of nitrogens with zero attached hydrogens (tertiary/aromatic N) is 3. The normalized spacial score (nSPS) is 20.9. The molecule has 6 heteroatoms. The van der Waals surface area contributed by atoms with Crippen molar-refractivity contribution < 1.29 is 9.59 Å². The van der Waals surface area contributed by atoms with Crippen LogP contribution < -0.4 is 5.73 Å². The summed E-state index contributed by atoms with van der Waals surface area (Å²) in [6.45, 7) is 4.92. The SMILES string of the molecule is CC(=O)N1Cc2c(C(N)=O)nc(-c3ccccc3)n2C(C(C)C2CCCCC2)C1. The molecule has 2 unspecified atom stereocenters. The highest BCUT2D eigenvalue weighted by Crippen LogP contribution is 2.41. The van der Waals surface area contributed by atoms with E-state index in [1.807, 2.05) is 35.2 Å². The predicted octanol–water partition coefficient (Wildman–Crippen LogP) is 3.77. The van der Waals surface area contributed by atoms with E-state index < -0.39 is 5.91 Å². The van der Waals surface area contributed by atoms with E-state index in [0.29, 0.717) is 24.9 Å². The Morgan fingerprint density at radius 1 is 1.14 bits per heavy atom. The van der Waals surface area contributed by atoms with Gasteiger partial charge in [-0.2, -0.15) is 0 Å². The summed E-state index contributed by atoms with van der Waals surface area (Å²) in [5.74, 6) is 1.27. The van der Waals surface area contributed by atoms with Crippen LogP contribution >= 0.6 is 0 Å². The van der Waals surface area contributed by atoms with Crippen molar-refractivity contribution in [3.8, 4) is 11.4 Å². The summed E-state index contributed by atoms with van der Waals surface area (Å²) in [6.07, 6.45) is 6.31. The van der Waals surface area contributed by atoms with Gasteiger partial charge in [0, 0.05) is 19.0 Å². The molecule has 2 N–H and O–H groups in total. The van der Waals surface area contributed by atoms with Crippen LogP contribution in [-0.4, -0.2) is 32.8 Å². The van der Waals surface area contributed by atoms with Crippen LogP contribution in [0.5, 0.6) is 0 Å². The van der Waals surface area contributed by atoms with Gasteiger partial charge in [-0.3, -0.25) is 9.59 Å². The minimum atomic E-state index is -0.537. The number of nitrogens with two attached hydrogens (primary N) is 1. The van der Waals surface area contributed by atoms with Crippen LogP contribution in [0.25, 0.3) is 11.4 Å². The van der Waals surface area contributed by atoms with Gasteiger partial charge < -0.3 is 15.2 Å². The molecule has 154 valence electrons. The molecule has 6 nitrogen and oxygen atoms in total. The molecule has 1 aromatic heterocycles. The molecule has 0 radical (unpaired) electrons. The molecule has 1 saturated carbocycles. The second kappa shape index (κ2) is 8.01. The maximum absolute atomic E-state index is 12.3. The Morgan fingerprint density at radius 2 is 1.83 bits per heavy atom. The average molecular weight is 395 g/mol. The van der Waals surface area contributed by atoms with Crippen molar-refractivity contribution in [1.29, 1.82) is 0 Å². The number of aromatic nitrogens is 2. The standard InChI is InChI=1S/C23H30N4O2/c1-15(17-9-5-3-6-10-17)19-13-26(16(2)28)14-20-21(22(24)29)25-23(27(19)20)18-11-7-4-8-12-18/h4,7-8,11-12,15,17,19H,3,5-6,9-10,13-14H2,1-2H3,(H2,24,29). The molecule has 1 aromatic carbocycles. The summed E-state index contributed by atoms with van der Waals surface area (Å²) in [7, 11) is 0. The molecule has 0 saturated heterocycles. The van der Waals surface area contributed by atoms with Gasteiger partial charge in [-0.25, -0.2) is 4.98 Å². The Kier molecular flexibility index (Phi) is 5.43. The molecular formula is C23H30N4O2. The smallest absolute Gasteiger partial charge is 0.269 e. The van der Waals surface area contributed by atoms with E-state index in [0.717, 1.165) is 17.1 Å². The number of primary amides is 1. The van der Waals surface area contributed by atoms with Gasteiger partial charge >= 0.3 is 0 Å². The van der Waals surface area contributed by atoms with E-state index in [9.17, 15) is 9.59 Å². The molecule has 2 heterocycles. The Morgan fingerprint density at radius 3 is 2.45 bits per heavy atom. The van der Waals surface area contributed by atoms with E-state index in [2.05, 4.69) is 16.5 Å². The van der Waals surface area contributed by atoms with Crippen LogP contribution in [0.1, 0.15) is 68.2 Å². The molecule has 0 bridgehead atoms. The van der Waals surface area contributed by atoms with Crippen LogP contribution in [0.15, 0.2) is 30.3 Å². The first-order valence-electron chi connectivity index (χ1n) is 10.7. The lowest BCUT2D eigenvalue weighted by Gasteiger charge is -2.41. The van der Waals surface area contributed by atoms with Crippen LogP contribution in [0, 0.1) is 11.8 Å². The molecular weight excluding hydrogens is 364 g/mol. The van der Waals surface area contributed by atoms with Crippen molar-refractivity contribution in [2.45, 2.75) is 58.5 Å². The van der Waals surface area contributed by atoms with Gasteiger partial charge in [0.05, 0.1) is 18.3 Å². The van der Waals surface area contributed by atoms with Gasteiger partial charge in [0.25, 0.3) is 5.91 Å². The van der Waals surface area contributed by atoms with Crippen LogP contribution in [0.3, 0.4) is 0 Å². The van der Waals surface area contributed by atoms with Gasteiger partial charge in [-0.15, -0.1) is 0 Å². The van der Waals surface area contributed by atoms with E-state index in [1.54, 1.807) is 6.92 Å². The van der Waals surface area contributed by atoms with Crippen molar-refractivity contribution >= 4 is 11.8 Å². The zero-order chi connectivity index (χ0) is 20.5. The zero-order valence-electron chi connectivity index (χ0n) is 17.3. The molecule has 2 amide bonds. The first kappa shape index (κ1) is 19.7. The minimum absolute atomic E-state index is 0.0231. The van der Waals surface area contributed by atoms with E-state index in [1.165, 1.54) is 32.1 Å². The number of amides is 2. The number of hydrogen-bond acceptors (Lipinski definition) is 3. The average Bonchev–Trinajstić information content (AvgIpc) is 3.14. The van der Waals surface area contributed by atoms with E-state index >= 15 is 0 Å². The van der Waals surface area contributed by atoms with Crippen molar-refractivity contribution in [2.75, 3.05) is 6.54 Å². The monoisotopic (exact) mass is 394 g/mol. The maximum atomic E-state index is 12.3. The number of carbonyl (C=O) groups excluding carboxylic acids is 2. The summed E-state index contributed by atoms with van der Waals surface area (Å²) in [5.41, 5.74) is 7.72. The van der Waals surface area contributed by atoms with Crippen LogP contribution in [-0.2, 0) is 11.3 Å². The number of carbonyl (C=O) groups is 2. The molecule has 2 aromatic rings. The summed E-state index contributed by atoms with van der Waals surface area (Å²) in [6, 6.07) is 10.0. The van der Waals surface area contributed by atoms with Gasteiger partial charge in [-0.1, -0.05) is 69.4 Å². The molecule has 1 aliphatic carbocycles. The lowest BCUT2D eigenvalue weighted by molar-refractivity contribution is -0.131. The number of imidazole rings is 1. The summed E-state index contributed by atoms with van der Waals surface area (Å²) in [5, 5.41) is 0. The topological polar surface area (TPSA) is 81.2 Å².